The summed E-state index contributed by atoms with van der Waals surface area (Å²) in [5.74, 6) is 0.574. The van der Waals surface area contributed by atoms with Gasteiger partial charge in [0, 0.05) is 44.6 Å². The van der Waals surface area contributed by atoms with Crippen LogP contribution in [-0.4, -0.2) is 67.6 Å². The zero-order chi connectivity index (χ0) is 20.5. The molecule has 2 aromatic rings. The number of benzene rings is 1. The minimum absolute atomic E-state index is 0.0433. The molecule has 9 heteroatoms. The van der Waals surface area contributed by atoms with E-state index in [2.05, 4.69) is 20.5 Å². The van der Waals surface area contributed by atoms with Crippen molar-refractivity contribution < 1.29 is 18.7 Å². The normalized spacial score (nSPS) is 14.5. The number of amides is 2. The van der Waals surface area contributed by atoms with Crippen molar-refractivity contribution in [3.8, 4) is 11.3 Å². The van der Waals surface area contributed by atoms with Crippen LogP contribution in [0.1, 0.15) is 12.3 Å². The van der Waals surface area contributed by atoms with E-state index in [4.69, 9.17) is 20.8 Å². The van der Waals surface area contributed by atoms with Gasteiger partial charge in [0.15, 0.2) is 11.7 Å². The summed E-state index contributed by atoms with van der Waals surface area (Å²) >= 11 is 6.15. The van der Waals surface area contributed by atoms with Crippen molar-refractivity contribution in [1.29, 1.82) is 0 Å². The van der Waals surface area contributed by atoms with Crippen LogP contribution in [0.2, 0.25) is 5.02 Å². The first kappa shape index (κ1) is 21.3. The van der Waals surface area contributed by atoms with E-state index >= 15 is 0 Å². The zero-order valence-corrected chi connectivity index (χ0v) is 16.9. The number of carbonyl (C=O) groups excluding carboxylic acids is 2. The number of rotatable bonds is 9. The Bertz CT molecular complexity index is 820. The monoisotopic (exact) mass is 420 g/mol. The van der Waals surface area contributed by atoms with Crippen molar-refractivity contribution >= 4 is 23.4 Å². The number of aryl methyl sites for hydroxylation is 1. The largest absolute Gasteiger partial charge is 0.441 e. The Morgan fingerprint density at radius 1 is 1.14 bits per heavy atom. The summed E-state index contributed by atoms with van der Waals surface area (Å²) in [5.41, 5.74) is 0.756. The second-order valence-corrected chi connectivity index (χ2v) is 7.09. The standard InChI is InChI=1S/C20H25ClN4O4/c21-16-4-2-1-3-15(16)17-13-24-20(29-17)6-5-18(26)23-14-19(27)22-7-8-25-9-11-28-12-10-25/h1-4,13H,5-12,14H2,(H,22,27)(H,23,26). The number of aromatic nitrogens is 1. The second-order valence-electron chi connectivity index (χ2n) is 6.68. The number of nitrogens with zero attached hydrogens (tertiary/aromatic N) is 2. The molecule has 1 fully saturated rings. The molecule has 1 aliphatic heterocycles. The van der Waals surface area contributed by atoms with Crippen LogP contribution in [0.4, 0.5) is 0 Å². The number of hydrogen-bond donors (Lipinski definition) is 2. The molecular formula is C20H25ClN4O4. The molecule has 0 saturated carbocycles. The highest BCUT2D eigenvalue weighted by Gasteiger charge is 2.13. The van der Waals surface area contributed by atoms with Gasteiger partial charge in [-0.05, 0) is 12.1 Å². The van der Waals surface area contributed by atoms with Gasteiger partial charge in [0.05, 0.1) is 31.0 Å². The van der Waals surface area contributed by atoms with Crippen LogP contribution in [-0.2, 0) is 20.7 Å². The summed E-state index contributed by atoms with van der Waals surface area (Å²) in [7, 11) is 0. The van der Waals surface area contributed by atoms with Crippen molar-refractivity contribution in [1.82, 2.24) is 20.5 Å². The third-order valence-corrected chi connectivity index (χ3v) is 4.89. The van der Waals surface area contributed by atoms with E-state index < -0.39 is 0 Å². The molecule has 0 bridgehead atoms. The van der Waals surface area contributed by atoms with Crippen molar-refractivity contribution in [2.45, 2.75) is 12.8 Å². The molecule has 0 spiro atoms. The Morgan fingerprint density at radius 2 is 1.93 bits per heavy atom. The van der Waals surface area contributed by atoms with Gasteiger partial charge in [0.2, 0.25) is 11.8 Å². The number of morpholine rings is 1. The molecule has 1 aliphatic rings. The van der Waals surface area contributed by atoms with Crippen LogP contribution in [0.3, 0.4) is 0 Å². The molecule has 29 heavy (non-hydrogen) atoms. The van der Waals surface area contributed by atoms with E-state index in [1.807, 2.05) is 18.2 Å². The van der Waals surface area contributed by atoms with E-state index in [-0.39, 0.29) is 24.8 Å². The zero-order valence-electron chi connectivity index (χ0n) is 16.2. The Morgan fingerprint density at radius 3 is 2.72 bits per heavy atom. The molecule has 0 unspecified atom stereocenters. The number of ether oxygens (including phenoxy) is 1. The van der Waals surface area contributed by atoms with Gasteiger partial charge in [0.1, 0.15) is 0 Å². The molecule has 3 rings (SSSR count). The Hall–Kier alpha value is -2.42. The molecule has 8 nitrogen and oxygen atoms in total. The lowest BCUT2D eigenvalue weighted by atomic mass is 10.2. The third-order valence-electron chi connectivity index (χ3n) is 4.56. The first-order chi connectivity index (χ1) is 14.1. The molecule has 2 amide bonds. The summed E-state index contributed by atoms with van der Waals surface area (Å²) in [6, 6.07) is 7.32. The summed E-state index contributed by atoms with van der Waals surface area (Å²) in [6.07, 6.45) is 2.12. The Kier molecular flexibility index (Phi) is 8.03. The predicted molar refractivity (Wildman–Crippen MR) is 109 cm³/mol. The van der Waals surface area contributed by atoms with Crippen molar-refractivity contribution in [2.24, 2.45) is 0 Å². The van der Waals surface area contributed by atoms with Gasteiger partial charge in [-0.1, -0.05) is 23.7 Å². The number of carbonyl (C=O) groups is 2. The van der Waals surface area contributed by atoms with Crippen LogP contribution in [0.5, 0.6) is 0 Å². The minimum atomic E-state index is -0.231. The quantitative estimate of drug-likeness (QED) is 0.638. The third kappa shape index (κ3) is 6.85. The molecule has 2 N–H and O–H groups in total. The summed E-state index contributed by atoms with van der Waals surface area (Å²) < 4.78 is 11.0. The molecule has 1 aromatic carbocycles. The Labute approximate surface area is 174 Å². The van der Waals surface area contributed by atoms with E-state index in [1.54, 1.807) is 12.3 Å². The summed E-state index contributed by atoms with van der Waals surface area (Å²) in [4.78, 5) is 30.2. The maximum Gasteiger partial charge on any atom is 0.239 e. The van der Waals surface area contributed by atoms with Crippen LogP contribution in [0, 0.1) is 0 Å². The predicted octanol–water partition coefficient (Wildman–Crippen LogP) is 1.49. The van der Waals surface area contributed by atoms with Crippen LogP contribution in [0.25, 0.3) is 11.3 Å². The van der Waals surface area contributed by atoms with Gasteiger partial charge in [-0.3, -0.25) is 14.5 Å². The van der Waals surface area contributed by atoms with Gasteiger partial charge in [-0.2, -0.15) is 0 Å². The van der Waals surface area contributed by atoms with Gasteiger partial charge in [0.25, 0.3) is 0 Å². The molecular weight excluding hydrogens is 396 g/mol. The van der Waals surface area contributed by atoms with Gasteiger partial charge in [-0.25, -0.2) is 4.98 Å². The molecule has 1 aromatic heterocycles. The maximum atomic E-state index is 12.0. The van der Waals surface area contributed by atoms with Crippen LogP contribution < -0.4 is 10.6 Å². The number of nitrogens with one attached hydrogen (secondary N) is 2. The van der Waals surface area contributed by atoms with Gasteiger partial charge >= 0.3 is 0 Å². The first-order valence-corrected chi connectivity index (χ1v) is 10.0. The fourth-order valence-corrected chi connectivity index (χ4v) is 3.17. The lowest BCUT2D eigenvalue weighted by Crippen LogP contribution is -2.43. The van der Waals surface area contributed by atoms with Crippen molar-refractivity contribution in [3.63, 3.8) is 0 Å². The highest BCUT2D eigenvalue weighted by molar-refractivity contribution is 6.33. The molecule has 0 radical (unpaired) electrons. The summed E-state index contributed by atoms with van der Waals surface area (Å²) in [5, 5.41) is 6.00. The average molecular weight is 421 g/mol. The van der Waals surface area contributed by atoms with Crippen molar-refractivity contribution in [3.05, 3.63) is 41.4 Å². The molecule has 0 aliphatic carbocycles. The minimum Gasteiger partial charge on any atom is -0.441 e. The molecule has 1 saturated heterocycles. The lowest BCUT2D eigenvalue weighted by Gasteiger charge is -2.26. The second kappa shape index (κ2) is 10.9. The maximum absolute atomic E-state index is 12.0. The van der Waals surface area contributed by atoms with Crippen LogP contribution in [0.15, 0.2) is 34.9 Å². The molecule has 156 valence electrons. The molecule has 2 heterocycles. The van der Waals surface area contributed by atoms with E-state index in [1.165, 1.54) is 0 Å². The lowest BCUT2D eigenvalue weighted by molar-refractivity contribution is -0.126. The van der Waals surface area contributed by atoms with Crippen molar-refractivity contribution in [2.75, 3.05) is 45.9 Å². The van der Waals surface area contributed by atoms with Gasteiger partial charge < -0.3 is 19.8 Å². The Balaban J connectivity index is 1.33. The highest BCUT2D eigenvalue weighted by Crippen LogP contribution is 2.28. The van der Waals surface area contributed by atoms with Crippen LogP contribution >= 0.6 is 11.6 Å². The summed E-state index contributed by atoms with van der Waals surface area (Å²) in [6.45, 7) is 4.51. The fraction of sp³-hybridized carbons (Fsp3) is 0.450. The number of halogens is 1. The number of hydrogen-bond acceptors (Lipinski definition) is 6. The average Bonchev–Trinajstić information content (AvgIpc) is 3.21. The smallest absolute Gasteiger partial charge is 0.239 e. The van der Waals surface area contributed by atoms with E-state index in [0.717, 1.165) is 38.4 Å². The fourth-order valence-electron chi connectivity index (χ4n) is 2.94. The topological polar surface area (TPSA) is 96.7 Å². The van der Waals surface area contributed by atoms with E-state index in [0.29, 0.717) is 29.6 Å². The SMILES string of the molecule is O=C(CCc1ncc(-c2ccccc2Cl)o1)NCC(=O)NCCN1CCOCC1. The van der Waals surface area contributed by atoms with Gasteiger partial charge in [-0.15, -0.1) is 0 Å². The molecule has 0 atom stereocenters. The van der Waals surface area contributed by atoms with E-state index in [9.17, 15) is 9.59 Å². The number of oxazole rings is 1. The highest BCUT2D eigenvalue weighted by atomic mass is 35.5. The first-order valence-electron chi connectivity index (χ1n) is 9.65.